The van der Waals surface area contributed by atoms with Gasteiger partial charge in [0.05, 0.1) is 0 Å². The normalized spacial score (nSPS) is 17.4. The van der Waals surface area contributed by atoms with Crippen molar-refractivity contribution in [3.8, 4) is 0 Å². The van der Waals surface area contributed by atoms with Crippen LogP contribution in [0, 0.1) is 0 Å². The summed E-state index contributed by atoms with van der Waals surface area (Å²) in [4.78, 5) is 9.93. The lowest BCUT2D eigenvalue weighted by atomic mass is 10.1. The molecule has 0 aliphatic rings. The van der Waals surface area contributed by atoms with Gasteiger partial charge in [-0.15, -0.1) is 0 Å². The van der Waals surface area contributed by atoms with Crippen molar-refractivity contribution in [1.82, 2.24) is 0 Å². The van der Waals surface area contributed by atoms with Gasteiger partial charge in [0.1, 0.15) is 6.29 Å². The second-order valence-corrected chi connectivity index (χ2v) is 3.30. The summed E-state index contributed by atoms with van der Waals surface area (Å²) in [5.41, 5.74) is 0. The number of hydrogen-bond acceptors (Lipinski definition) is 2. The molecule has 0 N–H and O–H groups in total. The van der Waals surface area contributed by atoms with E-state index < -0.39 is 0 Å². The lowest BCUT2D eigenvalue weighted by molar-refractivity contribution is -0.108. The zero-order valence-corrected chi connectivity index (χ0v) is 6.24. The minimum atomic E-state index is -0.0816. The maximum Gasteiger partial charge on any atom is 0.121 e. The zero-order chi connectivity index (χ0) is 6.62. The van der Waals surface area contributed by atoms with Crippen LogP contribution >= 0.6 is 12.6 Å². The number of rotatable bonds is 3. The molecular weight excluding hydrogens is 120 g/mol. The maximum absolute atomic E-state index is 9.93. The standard InChI is InChI=1S/C6H12OS/c1-3-6(2,8)4-5-7/h5,8H,3-4H2,1-2H3. The van der Waals surface area contributed by atoms with Gasteiger partial charge in [0.2, 0.25) is 0 Å². The molecule has 2 heteroatoms. The topological polar surface area (TPSA) is 17.1 Å². The van der Waals surface area contributed by atoms with E-state index in [2.05, 4.69) is 12.6 Å². The highest BCUT2D eigenvalue weighted by molar-refractivity contribution is 7.81. The quantitative estimate of drug-likeness (QED) is 0.456. The van der Waals surface area contributed by atoms with E-state index in [1.54, 1.807) is 0 Å². The molecule has 1 atom stereocenters. The average molecular weight is 132 g/mol. The molecule has 0 amide bonds. The van der Waals surface area contributed by atoms with Gasteiger partial charge in [-0.05, 0) is 6.42 Å². The number of carbonyl (C=O) groups excluding carboxylic acids is 1. The van der Waals surface area contributed by atoms with Crippen LogP contribution in [-0.4, -0.2) is 11.0 Å². The smallest absolute Gasteiger partial charge is 0.121 e. The van der Waals surface area contributed by atoms with Crippen LogP contribution in [0.5, 0.6) is 0 Å². The number of carbonyl (C=O) groups is 1. The van der Waals surface area contributed by atoms with Crippen LogP contribution in [0.2, 0.25) is 0 Å². The lowest BCUT2D eigenvalue weighted by Gasteiger charge is -2.16. The Hall–Kier alpha value is 0.0200. The van der Waals surface area contributed by atoms with Gasteiger partial charge >= 0.3 is 0 Å². The van der Waals surface area contributed by atoms with Gasteiger partial charge in [-0.2, -0.15) is 12.6 Å². The zero-order valence-electron chi connectivity index (χ0n) is 5.35. The molecular formula is C6H12OS. The molecule has 0 bridgehead atoms. The molecule has 0 aromatic rings. The number of thiol groups is 1. The van der Waals surface area contributed by atoms with E-state index in [4.69, 9.17) is 0 Å². The summed E-state index contributed by atoms with van der Waals surface area (Å²) >= 11 is 4.24. The van der Waals surface area contributed by atoms with Gasteiger partial charge in [-0.1, -0.05) is 13.8 Å². The summed E-state index contributed by atoms with van der Waals surface area (Å²) in [5, 5.41) is 0. The molecule has 0 aromatic heterocycles. The van der Waals surface area contributed by atoms with E-state index in [9.17, 15) is 4.79 Å². The summed E-state index contributed by atoms with van der Waals surface area (Å²) < 4.78 is -0.0816. The van der Waals surface area contributed by atoms with Gasteiger partial charge in [0.25, 0.3) is 0 Å². The van der Waals surface area contributed by atoms with Crippen molar-refractivity contribution in [2.75, 3.05) is 0 Å². The predicted molar refractivity (Wildman–Crippen MR) is 38.4 cm³/mol. The summed E-state index contributed by atoms with van der Waals surface area (Å²) in [5.74, 6) is 0. The fraction of sp³-hybridized carbons (Fsp3) is 0.833. The van der Waals surface area contributed by atoms with Crippen molar-refractivity contribution in [2.24, 2.45) is 0 Å². The Morgan fingerprint density at radius 1 is 1.75 bits per heavy atom. The predicted octanol–water partition coefficient (Wildman–Crippen LogP) is 1.67. The number of aldehydes is 1. The molecule has 0 aliphatic carbocycles. The summed E-state index contributed by atoms with van der Waals surface area (Å²) in [6, 6.07) is 0. The first-order chi connectivity index (χ1) is 3.62. The van der Waals surface area contributed by atoms with Crippen LogP contribution in [0.1, 0.15) is 26.7 Å². The third kappa shape index (κ3) is 3.08. The number of hydrogen-bond donors (Lipinski definition) is 1. The van der Waals surface area contributed by atoms with Crippen LogP contribution in [-0.2, 0) is 4.79 Å². The molecule has 8 heavy (non-hydrogen) atoms. The molecule has 0 saturated heterocycles. The highest BCUT2D eigenvalue weighted by Gasteiger charge is 2.13. The van der Waals surface area contributed by atoms with Crippen molar-refractivity contribution in [1.29, 1.82) is 0 Å². The molecule has 1 nitrogen and oxygen atoms in total. The van der Waals surface area contributed by atoms with E-state index in [0.29, 0.717) is 6.42 Å². The highest BCUT2D eigenvalue weighted by Crippen LogP contribution is 2.20. The van der Waals surface area contributed by atoms with E-state index in [1.807, 2.05) is 13.8 Å². The van der Waals surface area contributed by atoms with Crippen molar-refractivity contribution in [2.45, 2.75) is 31.4 Å². The van der Waals surface area contributed by atoms with Gasteiger partial charge < -0.3 is 4.79 Å². The largest absolute Gasteiger partial charge is 0.303 e. The Morgan fingerprint density at radius 3 is 2.38 bits per heavy atom. The summed E-state index contributed by atoms with van der Waals surface area (Å²) in [6.45, 7) is 3.99. The fourth-order valence-corrected chi connectivity index (χ4v) is 0.398. The van der Waals surface area contributed by atoms with Gasteiger partial charge in [-0.3, -0.25) is 0 Å². The third-order valence-electron chi connectivity index (χ3n) is 1.28. The van der Waals surface area contributed by atoms with Crippen molar-refractivity contribution < 1.29 is 4.79 Å². The Bertz CT molecular complexity index is 78.6. The van der Waals surface area contributed by atoms with Crippen LogP contribution in [0.25, 0.3) is 0 Å². The van der Waals surface area contributed by atoms with Crippen LogP contribution in [0.15, 0.2) is 0 Å². The Balaban J connectivity index is 3.53. The van der Waals surface area contributed by atoms with Crippen molar-refractivity contribution in [3.63, 3.8) is 0 Å². The van der Waals surface area contributed by atoms with Gasteiger partial charge in [0.15, 0.2) is 0 Å². The molecule has 0 fully saturated rings. The van der Waals surface area contributed by atoms with Crippen molar-refractivity contribution >= 4 is 18.9 Å². The molecule has 0 aromatic carbocycles. The summed E-state index contributed by atoms with van der Waals surface area (Å²) in [7, 11) is 0. The monoisotopic (exact) mass is 132 g/mol. The van der Waals surface area contributed by atoms with E-state index >= 15 is 0 Å². The van der Waals surface area contributed by atoms with E-state index in [-0.39, 0.29) is 4.75 Å². The Labute approximate surface area is 55.9 Å². The van der Waals surface area contributed by atoms with Crippen LogP contribution < -0.4 is 0 Å². The second-order valence-electron chi connectivity index (χ2n) is 2.22. The molecule has 0 spiro atoms. The molecule has 48 valence electrons. The van der Waals surface area contributed by atoms with Gasteiger partial charge in [-0.25, -0.2) is 0 Å². The third-order valence-corrected chi connectivity index (χ3v) is 1.78. The first-order valence-electron chi connectivity index (χ1n) is 2.78. The Morgan fingerprint density at radius 2 is 2.25 bits per heavy atom. The second kappa shape index (κ2) is 3.13. The van der Waals surface area contributed by atoms with Crippen LogP contribution in [0.3, 0.4) is 0 Å². The van der Waals surface area contributed by atoms with E-state index in [0.717, 1.165) is 12.7 Å². The molecule has 0 heterocycles. The SMILES string of the molecule is CCC(C)(S)CC=O. The van der Waals surface area contributed by atoms with Crippen molar-refractivity contribution in [3.05, 3.63) is 0 Å². The molecule has 0 radical (unpaired) electrons. The maximum atomic E-state index is 9.93. The molecule has 0 rings (SSSR count). The minimum absolute atomic E-state index is 0.0816. The first kappa shape index (κ1) is 8.02. The van der Waals surface area contributed by atoms with Crippen LogP contribution in [0.4, 0.5) is 0 Å². The minimum Gasteiger partial charge on any atom is -0.303 e. The fourth-order valence-electron chi connectivity index (χ4n) is 0.324. The first-order valence-corrected chi connectivity index (χ1v) is 3.23. The van der Waals surface area contributed by atoms with Gasteiger partial charge in [0, 0.05) is 11.2 Å². The average Bonchev–Trinajstić information content (AvgIpc) is 1.67. The summed E-state index contributed by atoms with van der Waals surface area (Å²) in [6.07, 6.45) is 2.40. The Kier molecular flexibility index (Phi) is 3.13. The van der Waals surface area contributed by atoms with E-state index in [1.165, 1.54) is 0 Å². The highest BCUT2D eigenvalue weighted by atomic mass is 32.1. The molecule has 0 saturated carbocycles. The molecule has 0 aliphatic heterocycles. The lowest BCUT2D eigenvalue weighted by Crippen LogP contribution is -2.14. The molecule has 1 unspecified atom stereocenters.